The second-order valence-corrected chi connectivity index (χ2v) is 14.3. The molecule has 36 heavy (non-hydrogen) atoms. The van der Waals surface area contributed by atoms with Gasteiger partial charge in [0.1, 0.15) is 28.5 Å². The Bertz CT molecular complexity index is 995. The molecular formula is C27H43NO8. The van der Waals surface area contributed by atoms with Gasteiger partial charge >= 0.3 is 0 Å². The smallest absolute Gasteiger partial charge is 0.196 e. The third kappa shape index (κ3) is 2.27. The molecular weight excluding hydrogens is 466 g/mol. The van der Waals surface area contributed by atoms with Gasteiger partial charge in [-0.3, -0.25) is 4.90 Å². The van der Waals surface area contributed by atoms with Crippen LogP contribution in [0.2, 0.25) is 0 Å². The molecule has 7 N–H and O–H groups in total. The van der Waals surface area contributed by atoms with Crippen molar-refractivity contribution in [3.63, 3.8) is 0 Å². The Morgan fingerprint density at radius 3 is 2.19 bits per heavy atom. The molecule has 3 saturated heterocycles. The summed E-state index contributed by atoms with van der Waals surface area (Å²) in [6, 6.07) is -0.360. The fourth-order valence-electron chi connectivity index (χ4n) is 11.3. The third-order valence-electron chi connectivity index (χ3n) is 13.1. The van der Waals surface area contributed by atoms with E-state index in [0.717, 1.165) is 6.42 Å². The van der Waals surface area contributed by atoms with E-state index in [4.69, 9.17) is 4.74 Å². The molecule has 3 aliphatic heterocycles. The van der Waals surface area contributed by atoms with Crippen LogP contribution >= 0.6 is 0 Å². The average Bonchev–Trinajstić information content (AvgIpc) is 2.97. The van der Waals surface area contributed by atoms with Crippen molar-refractivity contribution in [1.82, 2.24) is 4.90 Å². The van der Waals surface area contributed by atoms with E-state index in [-0.39, 0.29) is 31.3 Å². The number of rotatable bonds is 0. The van der Waals surface area contributed by atoms with Gasteiger partial charge in [-0.15, -0.1) is 0 Å². The molecule has 0 radical (unpaired) electrons. The van der Waals surface area contributed by atoms with Gasteiger partial charge in [0.05, 0.1) is 11.7 Å². The Labute approximate surface area is 212 Å². The minimum Gasteiger partial charge on any atom is -0.390 e. The number of piperidine rings is 2. The van der Waals surface area contributed by atoms with Gasteiger partial charge in [-0.1, -0.05) is 13.8 Å². The highest BCUT2D eigenvalue weighted by Crippen LogP contribution is 2.78. The number of aliphatic hydroxyl groups is 7. The number of ether oxygens (including phenoxy) is 1. The van der Waals surface area contributed by atoms with E-state index in [0.29, 0.717) is 44.6 Å². The lowest BCUT2D eigenvalue weighted by atomic mass is 9.49. The number of aliphatic hydroxyl groups excluding tert-OH is 2. The summed E-state index contributed by atoms with van der Waals surface area (Å²) in [5.41, 5.74) is -9.07. The zero-order chi connectivity index (χ0) is 25.9. The van der Waals surface area contributed by atoms with Gasteiger partial charge < -0.3 is 40.5 Å². The maximum absolute atomic E-state index is 12.7. The first-order valence-electron chi connectivity index (χ1n) is 14.0. The van der Waals surface area contributed by atoms with Crippen LogP contribution in [0.5, 0.6) is 0 Å². The van der Waals surface area contributed by atoms with Crippen molar-refractivity contribution in [2.24, 2.45) is 29.1 Å². The van der Waals surface area contributed by atoms with Crippen LogP contribution in [0.3, 0.4) is 0 Å². The molecule has 204 valence electrons. The second-order valence-electron chi connectivity index (χ2n) is 14.3. The maximum Gasteiger partial charge on any atom is 0.196 e. The molecule has 0 amide bonds. The summed E-state index contributed by atoms with van der Waals surface area (Å²) < 4.78 is 6.52. The fraction of sp³-hybridized carbons (Fsp3) is 1.00. The molecule has 9 heteroatoms. The average molecular weight is 510 g/mol. The van der Waals surface area contributed by atoms with Crippen molar-refractivity contribution >= 4 is 0 Å². The van der Waals surface area contributed by atoms with Crippen molar-refractivity contribution < 1.29 is 40.5 Å². The Morgan fingerprint density at radius 1 is 0.778 bits per heavy atom. The lowest BCUT2D eigenvalue weighted by Crippen LogP contribution is -2.85. The van der Waals surface area contributed by atoms with Crippen molar-refractivity contribution in [2.45, 2.75) is 124 Å². The van der Waals surface area contributed by atoms with E-state index in [2.05, 4.69) is 11.8 Å². The lowest BCUT2D eigenvalue weighted by molar-refractivity contribution is -0.354. The number of hydrogen-bond donors (Lipinski definition) is 7. The summed E-state index contributed by atoms with van der Waals surface area (Å²) in [7, 11) is 0. The van der Waals surface area contributed by atoms with Gasteiger partial charge in [0.25, 0.3) is 0 Å². The molecule has 4 bridgehead atoms. The van der Waals surface area contributed by atoms with Gasteiger partial charge in [0, 0.05) is 55.1 Å². The van der Waals surface area contributed by atoms with E-state index in [9.17, 15) is 35.7 Å². The maximum atomic E-state index is 12.7. The SMILES string of the molecule is C[C@H]1CC[C@@H]2N(C1)C[C@@H]1[C@](O)([C@@H](O)C[C@@]3(O)[C@@H]4CC[C@@H]5[C@]6(O)O[C@]4(C[C@@]13O)[C@@]5(C)CC[C@@H]6O)[C@]2(C)O. The van der Waals surface area contributed by atoms with Crippen molar-refractivity contribution in [3.05, 3.63) is 0 Å². The van der Waals surface area contributed by atoms with Gasteiger partial charge in [0.15, 0.2) is 5.79 Å². The largest absolute Gasteiger partial charge is 0.390 e. The summed E-state index contributed by atoms with van der Waals surface area (Å²) in [5, 5.41) is 83.2. The summed E-state index contributed by atoms with van der Waals surface area (Å²) in [4.78, 5) is 2.12. The van der Waals surface area contributed by atoms with Crippen LogP contribution in [0.25, 0.3) is 0 Å². The van der Waals surface area contributed by atoms with Crippen LogP contribution in [0.15, 0.2) is 0 Å². The van der Waals surface area contributed by atoms with Crippen LogP contribution in [0, 0.1) is 29.1 Å². The van der Waals surface area contributed by atoms with E-state index >= 15 is 0 Å². The van der Waals surface area contributed by atoms with Crippen molar-refractivity contribution in [2.75, 3.05) is 13.1 Å². The standard InChI is InChI=1S/C27H43NO8/c1-14-4-7-18-22(3,31)26(34)17(12-28(18)11-14)24(33)13-25-16(23(24,32)10-20(26)30)6-5-15-21(25,2)9-8-19(29)27(15,35)36-25/h14-20,29-35H,4-13H2,1-3H3/t14-,15-,16-,17-,18-,19-,20-,21-,22+,23+,24+,25-,26-,27-/m0/s1. The molecule has 0 aromatic carbocycles. The molecule has 4 aliphatic carbocycles. The zero-order valence-corrected chi connectivity index (χ0v) is 21.6. The molecule has 3 heterocycles. The first-order valence-corrected chi connectivity index (χ1v) is 14.0. The summed E-state index contributed by atoms with van der Waals surface area (Å²) >= 11 is 0. The molecule has 1 spiro atoms. The first kappa shape index (κ1) is 24.7. The normalized spacial score (nSPS) is 68.0. The molecule has 14 atom stereocenters. The van der Waals surface area contributed by atoms with Crippen molar-refractivity contribution in [1.29, 1.82) is 0 Å². The Hall–Kier alpha value is -0.360. The summed E-state index contributed by atoms with van der Waals surface area (Å²) in [6.07, 6.45) is 0.752. The number of fused-ring (bicyclic) bond motifs is 5. The Kier molecular flexibility index (Phi) is 4.57. The summed E-state index contributed by atoms with van der Waals surface area (Å²) in [5.74, 6) is -3.30. The molecule has 7 aliphatic rings. The molecule has 4 saturated carbocycles. The molecule has 7 rings (SSSR count). The lowest BCUT2D eigenvalue weighted by Gasteiger charge is -2.68. The highest BCUT2D eigenvalue weighted by molar-refractivity contribution is 5.37. The third-order valence-corrected chi connectivity index (χ3v) is 13.1. The quantitative estimate of drug-likeness (QED) is 0.228. The van der Waals surface area contributed by atoms with Crippen LogP contribution < -0.4 is 0 Å². The minimum atomic E-state index is -2.02. The van der Waals surface area contributed by atoms with Crippen LogP contribution in [-0.4, -0.2) is 106 Å². The first-order chi connectivity index (χ1) is 16.6. The Morgan fingerprint density at radius 2 is 1.47 bits per heavy atom. The Balaban J connectivity index is 1.39. The molecule has 0 aromatic heterocycles. The molecule has 7 fully saturated rings. The van der Waals surface area contributed by atoms with Crippen LogP contribution in [0.1, 0.15) is 72.1 Å². The van der Waals surface area contributed by atoms with Gasteiger partial charge in [0.2, 0.25) is 0 Å². The monoisotopic (exact) mass is 509 g/mol. The van der Waals surface area contributed by atoms with Crippen LogP contribution in [0.4, 0.5) is 0 Å². The predicted octanol–water partition coefficient (Wildman–Crippen LogP) is -0.526. The molecule has 0 unspecified atom stereocenters. The molecule has 9 nitrogen and oxygen atoms in total. The second kappa shape index (κ2) is 6.67. The highest BCUT2D eigenvalue weighted by atomic mass is 16.7. The highest BCUT2D eigenvalue weighted by Gasteiger charge is 2.88. The van der Waals surface area contributed by atoms with Crippen LogP contribution in [-0.2, 0) is 4.74 Å². The number of nitrogens with zero attached hydrogens (tertiary/aromatic N) is 1. The van der Waals surface area contributed by atoms with E-state index in [1.54, 1.807) is 6.92 Å². The minimum absolute atomic E-state index is 0.0208. The fourth-order valence-corrected chi connectivity index (χ4v) is 11.3. The molecule has 0 aromatic rings. The van der Waals surface area contributed by atoms with E-state index in [1.165, 1.54) is 0 Å². The van der Waals surface area contributed by atoms with Gasteiger partial charge in [-0.25, -0.2) is 0 Å². The van der Waals surface area contributed by atoms with Crippen molar-refractivity contribution in [3.8, 4) is 0 Å². The van der Waals surface area contributed by atoms with Gasteiger partial charge in [-0.2, -0.15) is 0 Å². The topological polar surface area (TPSA) is 154 Å². The zero-order valence-electron chi connectivity index (χ0n) is 21.6. The summed E-state index contributed by atoms with van der Waals surface area (Å²) in [6.45, 7) is 6.70. The van der Waals surface area contributed by atoms with Gasteiger partial charge in [-0.05, 0) is 51.4 Å². The van der Waals surface area contributed by atoms with E-state index in [1.807, 2.05) is 6.92 Å². The predicted molar refractivity (Wildman–Crippen MR) is 126 cm³/mol. The number of hydrogen-bond acceptors (Lipinski definition) is 9. The van der Waals surface area contributed by atoms with E-state index < -0.39 is 63.3 Å².